The average molecular weight is 181 g/mol. The van der Waals surface area contributed by atoms with E-state index in [0.717, 1.165) is 5.56 Å². The Balaban J connectivity index is 2.68. The van der Waals surface area contributed by atoms with E-state index >= 15 is 0 Å². The zero-order valence-corrected chi connectivity index (χ0v) is 7.73. The second kappa shape index (κ2) is 4.03. The zero-order chi connectivity index (χ0) is 9.84. The van der Waals surface area contributed by atoms with E-state index in [1.54, 1.807) is 19.1 Å². The number of hydrogen-bond donors (Lipinski definition) is 1. The van der Waals surface area contributed by atoms with Gasteiger partial charge in [0.25, 0.3) is 0 Å². The van der Waals surface area contributed by atoms with Crippen LogP contribution in [-0.4, -0.2) is 5.91 Å². The van der Waals surface area contributed by atoms with E-state index < -0.39 is 0 Å². The Morgan fingerprint density at radius 1 is 1.54 bits per heavy atom. The maximum absolute atomic E-state index is 13.0. The standard InChI is InChI=1S/C10H12FNO/c1-7-3-4-9(5-10(7)11)6-12-8(2)13/h3-5H,6H2,1-2H3,(H,12,13). The molecule has 0 aliphatic heterocycles. The highest BCUT2D eigenvalue weighted by Gasteiger charge is 1.99. The van der Waals surface area contributed by atoms with Crippen LogP contribution in [0.15, 0.2) is 18.2 Å². The maximum atomic E-state index is 13.0. The van der Waals surface area contributed by atoms with E-state index in [-0.39, 0.29) is 11.7 Å². The van der Waals surface area contributed by atoms with Gasteiger partial charge in [0.05, 0.1) is 0 Å². The van der Waals surface area contributed by atoms with Gasteiger partial charge >= 0.3 is 0 Å². The summed E-state index contributed by atoms with van der Waals surface area (Å²) >= 11 is 0. The molecule has 70 valence electrons. The first-order valence-corrected chi connectivity index (χ1v) is 4.09. The van der Waals surface area contributed by atoms with Crippen LogP contribution in [0.25, 0.3) is 0 Å². The third-order valence-corrected chi connectivity index (χ3v) is 1.78. The number of amides is 1. The third kappa shape index (κ3) is 2.86. The van der Waals surface area contributed by atoms with Crippen molar-refractivity contribution >= 4 is 5.91 Å². The Labute approximate surface area is 76.8 Å². The van der Waals surface area contributed by atoms with Crippen molar-refractivity contribution in [3.8, 4) is 0 Å². The smallest absolute Gasteiger partial charge is 0.217 e. The summed E-state index contributed by atoms with van der Waals surface area (Å²) in [5, 5.41) is 2.60. The number of rotatable bonds is 2. The lowest BCUT2D eigenvalue weighted by Gasteiger charge is -2.03. The molecule has 1 rings (SSSR count). The van der Waals surface area contributed by atoms with Gasteiger partial charge in [0.1, 0.15) is 5.82 Å². The topological polar surface area (TPSA) is 29.1 Å². The minimum atomic E-state index is -0.233. The molecule has 0 bridgehead atoms. The Morgan fingerprint density at radius 3 is 2.77 bits per heavy atom. The maximum Gasteiger partial charge on any atom is 0.217 e. The van der Waals surface area contributed by atoms with E-state index in [4.69, 9.17) is 0 Å². The molecule has 0 saturated heterocycles. The Kier molecular flexibility index (Phi) is 3.01. The van der Waals surface area contributed by atoms with Crippen LogP contribution in [0.2, 0.25) is 0 Å². The summed E-state index contributed by atoms with van der Waals surface area (Å²) < 4.78 is 13.0. The van der Waals surface area contributed by atoms with Crippen molar-refractivity contribution in [2.24, 2.45) is 0 Å². The van der Waals surface area contributed by atoms with Gasteiger partial charge in [-0.1, -0.05) is 12.1 Å². The number of nitrogens with one attached hydrogen (secondary N) is 1. The van der Waals surface area contributed by atoms with E-state index in [1.807, 2.05) is 0 Å². The molecule has 1 amide bonds. The molecule has 0 spiro atoms. The van der Waals surface area contributed by atoms with Gasteiger partial charge in [-0.25, -0.2) is 4.39 Å². The summed E-state index contributed by atoms with van der Waals surface area (Å²) in [6.45, 7) is 3.52. The highest BCUT2D eigenvalue weighted by atomic mass is 19.1. The Hall–Kier alpha value is -1.38. The van der Waals surface area contributed by atoms with Gasteiger partial charge < -0.3 is 5.32 Å². The predicted octanol–water partition coefficient (Wildman–Crippen LogP) is 1.77. The summed E-state index contributed by atoms with van der Waals surface area (Å²) in [6, 6.07) is 4.94. The van der Waals surface area contributed by atoms with Crippen LogP contribution in [0, 0.1) is 12.7 Å². The van der Waals surface area contributed by atoms with Crippen molar-refractivity contribution in [2.45, 2.75) is 20.4 Å². The molecule has 0 aromatic heterocycles. The van der Waals surface area contributed by atoms with Gasteiger partial charge in [-0.15, -0.1) is 0 Å². The van der Waals surface area contributed by atoms with Gasteiger partial charge in [0.15, 0.2) is 0 Å². The SMILES string of the molecule is CC(=O)NCc1ccc(C)c(F)c1. The van der Waals surface area contributed by atoms with Crippen molar-refractivity contribution < 1.29 is 9.18 Å². The summed E-state index contributed by atoms with van der Waals surface area (Å²) in [4.78, 5) is 10.6. The molecule has 1 N–H and O–H groups in total. The van der Waals surface area contributed by atoms with Gasteiger partial charge in [-0.05, 0) is 24.1 Å². The van der Waals surface area contributed by atoms with Crippen molar-refractivity contribution in [3.05, 3.63) is 35.1 Å². The predicted molar refractivity (Wildman–Crippen MR) is 48.7 cm³/mol. The van der Waals surface area contributed by atoms with Crippen LogP contribution in [0.1, 0.15) is 18.1 Å². The zero-order valence-electron chi connectivity index (χ0n) is 7.73. The number of aryl methyl sites for hydroxylation is 1. The van der Waals surface area contributed by atoms with E-state index in [1.165, 1.54) is 13.0 Å². The molecular weight excluding hydrogens is 169 g/mol. The minimum absolute atomic E-state index is 0.110. The number of halogens is 1. The number of benzene rings is 1. The summed E-state index contributed by atoms with van der Waals surface area (Å²) in [5.74, 6) is -0.344. The fraction of sp³-hybridized carbons (Fsp3) is 0.300. The molecule has 13 heavy (non-hydrogen) atoms. The summed E-state index contributed by atoms with van der Waals surface area (Å²) in [5.41, 5.74) is 1.39. The number of carbonyl (C=O) groups is 1. The van der Waals surface area contributed by atoms with Gasteiger partial charge in [0.2, 0.25) is 5.91 Å². The number of hydrogen-bond acceptors (Lipinski definition) is 1. The van der Waals surface area contributed by atoms with Crippen molar-refractivity contribution in [3.63, 3.8) is 0 Å². The normalized spacial score (nSPS) is 9.77. The molecule has 3 heteroatoms. The largest absolute Gasteiger partial charge is 0.352 e. The van der Waals surface area contributed by atoms with Crippen molar-refractivity contribution in [1.82, 2.24) is 5.32 Å². The van der Waals surface area contributed by atoms with E-state index in [0.29, 0.717) is 12.1 Å². The summed E-state index contributed by atoms with van der Waals surface area (Å²) in [6.07, 6.45) is 0. The van der Waals surface area contributed by atoms with Gasteiger partial charge in [-0.2, -0.15) is 0 Å². The monoisotopic (exact) mass is 181 g/mol. The molecule has 0 atom stereocenters. The molecule has 2 nitrogen and oxygen atoms in total. The Bertz CT molecular complexity index is 323. The molecular formula is C10H12FNO. The highest BCUT2D eigenvalue weighted by molar-refractivity contribution is 5.72. The summed E-state index contributed by atoms with van der Waals surface area (Å²) in [7, 11) is 0. The molecule has 0 saturated carbocycles. The van der Waals surface area contributed by atoms with Crippen LogP contribution in [-0.2, 0) is 11.3 Å². The van der Waals surface area contributed by atoms with Crippen LogP contribution in [0.5, 0.6) is 0 Å². The fourth-order valence-electron chi connectivity index (χ4n) is 0.973. The van der Waals surface area contributed by atoms with Crippen LogP contribution >= 0.6 is 0 Å². The Morgan fingerprint density at radius 2 is 2.23 bits per heavy atom. The molecule has 0 radical (unpaired) electrons. The second-order valence-electron chi connectivity index (χ2n) is 2.99. The fourth-order valence-corrected chi connectivity index (χ4v) is 0.973. The minimum Gasteiger partial charge on any atom is -0.352 e. The molecule has 0 fully saturated rings. The molecule has 0 aliphatic rings. The third-order valence-electron chi connectivity index (χ3n) is 1.78. The van der Waals surface area contributed by atoms with Gasteiger partial charge in [0, 0.05) is 13.5 Å². The lowest BCUT2D eigenvalue weighted by atomic mass is 10.1. The molecule has 0 unspecified atom stereocenters. The lowest BCUT2D eigenvalue weighted by molar-refractivity contribution is -0.119. The van der Waals surface area contributed by atoms with Gasteiger partial charge in [-0.3, -0.25) is 4.79 Å². The van der Waals surface area contributed by atoms with E-state index in [9.17, 15) is 9.18 Å². The highest BCUT2D eigenvalue weighted by Crippen LogP contribution is 2.08. The molecule has 0 aliphatic carbocycles. The van der Waals surface area contributed by atoms with Crippen molar-refractivity contribution in [2.75, 3.05) is 0 Å². The first-order valence-electron chi connectivity index (χ1n) is 4.09. The average Bonchev–Trinajstić information content (AvgIpc) is 2.07. The van der Waals surface area contributed by atoms with Crippen LogP contribution < -0.4 is 5.32 Å². The molecule has 1 aromatic rings. The van der Waals surface area contributed by atoms with Crippen LogP contribution in [0.4, 0.5) is 4.39 Å². The first-order chi connectivity index (χ1) is 6.09. The van der Waals surface area contributed by atoms with Crippen LogP contribution in [0.3, 0.4) is 0 Å². The molecule has 1 aromatic carbocycles. The first kappa shape index (κ1) is 9.71. The molecule has 0 heterocycles. The van der Waals surface area contributed by atoms with Crippen molar-refractivity contribution in [1.29, 1.82) is 0 Å². The quantitative estimate of drug-likeness (QED) is 0.740. The second-order valence-corrected chi connectivity index (χ2v) is 2.99. The lowest BCUT2D eigenvalue weighted by Crippen LogP contribution is -2.18. The van der Waals surface area contributed by atoms with E-state index in [2.05, 4.69) is 5.32 Å². The number of carbonyl (C=O) groups excluding carboxylic acids is 1.